The van der Waals surface area contributed by atoms with Crippen LogP contribution in [0.3, 0.4) is 0 Å². The van der Waals surface area contributed by atoms with E-state index in [9.17, 15) is 21.6 Å². The summed E-state index contributed by atoms with van der Waals surface area (Å²) >= 11 is 0. The third-order valence-electron chi connectivity index (χ3n) is 5.29. The van der Waals surface area contributed by atoms with Gasteiger partial charge in [0.2, 0.25) is 16.8 Å². The van der Waals surface area contributed by atoms with E-state index in [4.69, 9.17) is 9.47 Å². The number of rotatable bonds is 5. The Labute approximate surface area is 167 Å². The van der Waals surface area contributed by atoms with Crippen molar-refractivity contribution in [3.05, 3.63) is 53.6 Å². The number of benzene rings is 2. The number of alkyl halides is 3. The molecule has 29 heavy (non-hydrogen) atoms. The van der Waals surface area contributed by atoms with Crippen molar-refractivity contribution in [2.45, 2.75) is 49.3 Å². The summed E-state index contributed by atoms with van der Waals surface area (Å²) in [6.45, 7) is 0.0538. The molecule has 9 heteroatoms. The Balaban J connectivity index is 1.74. The molecule has 156 valence electrons. The molecule has 0 bridgehead atoms. The highest BCUT2D eigenvalue weighted by molar-refractivity contribution is 7.89. The van der Waals surface area contributed by atoms with Gasteiger partial charge in [-0.3, -0.25) is 0 Å². The van der Waals surface area contributed by atoms with E-state index in [1.165, 1.54) is 16.4 Å². The van der Waals surface area contributed by atoms with Crippen molar-refractivity contribution < 1.29 is 31.1 Å². The summed E-state index contributed by atoms with van der Waals surface area (Å²) in [6, 6.07) is 9.07. The highest BCUT2D eigenvalue weighted by Gasteiger charge is 2.41. The van der Waals surface area contributed by atoms with Gasteiger partial charge in [-0.2, -0.15) is 17.5 Å². The highest BCUT2D eigenvalue weighted by atomic mass is 32.2. The van der Waals surface area contributed by atoms with Gasteiger partial charge in [0.25, 0.3) is 0 Å². The van der Waals surface area contributed by atoms with Crippen LogP contribution in [-0.4, -0.2) is 25.6 Å². The fraction of sp³-hybridized carbons (Fsp3) is 0.400. The number of hydrogen-bond donors (Lipinski definition) is 0. The SMILES string of the molecule is O=S(=O)(c1ccccc1C(F)(F)F)N(Cc1ccc2c(c1)OCO2)C1CCCC1. The van der Waals surface area contributed by atoms with Gasteiger partial charge in [0.05, 0.1) is 10.5 Å². The molecule has 1 saturated carbocycles. The van der Waals surface area contributed by atoms with Crippen LogP contribution in [0.4, 0.5) is 13.2 Å². The number of ether oxygens (including phenoxy) is 2. The summed E-state index contributed by atoms with van der Waals surface area (Å²) in [6.07, 6.45) is -1.82. The van der Waals surface area contributed by atoms with E-state index in [1.54, 1.807) is 18.2 Å². The maximum atomic E-state index is 13.5. The summed E-state index contributed by atoms with van der Waals surface area (Å²) in [5.74, 6) is 1.06. The average Bonchev–Trinajstić information content (AvgIpc) is 3.36. The van der Waals surface area contributed by atoms with Crippen molar-refractivity contribution in [1.82, 2.24) is 4.31 Å². The van der Waals surface area contributed by atoms with E-state index in [2.05, 4.69) is 0 Å². The van der Waals surface area contributed by atoms with Gasteiger partial charge in [0, 0.05) is 12.6 Å². The van der Waals surface area contributed by atoms with Gasteiger partial charge in [-0.15, -0.1) is 0 Å². The van der Waals surface area contributed by atoms with Crippen molar-refractivity contribution in [3.63, 3.8) is 0 Å². The average molecular weight is 427 g/mol. The second-order valence-electron chi connectivity index (χ2n) is 7.17. The largest absolute Gasteiger partial charge is 0.454 e. The van der Waals surface area contributed by atoms with Gasteiger partial charge < -0.3 is 9.47 Å². The Morgan fingerprint density at radius 2 is 1.69 bits per heavy atom. The van der Waals surface area contributed by atoms with E-state index in [1.807, 2.05) is 0 Å². The van der Waals surface area contributed by atoms with Crippen molar-refractivity contribution >= 4 is 10.0 Å². The van der Waals surface area contributed by atoms with E-state index in [0.29, 0.717) is 29.9 Å². The van der Waals surface area contributed by atoms with Gasteiger partial charge in [0.1, 0.15) is 0 Å². The van der Waals surface area contributed by atoms with Gasteiger partial charge in [-0.25, -0.2) is 8.42 Å². The summed E-state index contributed by atoms with van der Waals surface area (Å²) in [4.78, 5) is -0.708. The Kier molecular flexibility index (Phi) is 5.20. The Hall–Kier alpha value is -2.26. The van der Waals surface area contributed by atoms with Gasteiger partial charge in [0.15, 0.2) is 11.5 Å². The molecule has 0 spiro atoms. The summed E-state index contributed by atoms with van der Waals surface area (Å²) in [5, 5.41) is 0. The predicted molar refractivity (Wildman–Crippen MR) is 99.0 cm³/mol. The maximum absolute atomic E-state index is 13.5. The molecule has 4 rings (SSSR count). The first kappa shape index (κ1) is 20.0. The minimum absolute atomic E-state index is 0.0319. The van der Waals surface area contributed by atoms with Crippen molar-refractivity contribution in [3.8, 4) is 11.5 Å². The molecule has 1 aliphatic heterocycles. The van der Waals surface area contributed by atoms with E-state index >= 15 is 0 Å². The van der Waals surface area contributed by atoms with Crippen LogP contribution in [0.5, 0.6) is 11.5 Å². The monoisotopic (exact) mass is 427 g/mol. The fourth-order valence-electron chi connectivity index (χ4n) is 3.87. The second-order valence-corrected chi connectivity index (χ2v) is 9.03. The van der Waals surface area contributed by atoms with Crippen LogP contribution in [-0.2, 0) is 22.7 Å². The van der Waals surface area contributed by atoms with Gasteiger partial charge >= 0.3 is 6.18 Å². The molecule has 0 atom stereocenters. The molecular weight excluding hydrogens is 407 g/mol. The number of sulfonamides is 1. The molecule has 0 amide bonds. The molecule has 0 N–H and O–H groups in total. The summed E-state index contributed by atoms with van der Waals surface area (Å²) < 4.78 is 79.1. The first-order valence-corrected chi connectivity index (χ1v) is 10.8. The molecule has 5 nitrogen and oxygen atoms in total. The molecule has 1 aliphatic carbocycles. The quantitative estimate of drug-likeness (QED) is 0.702. The Bertz CT molecular complexity index is 1000. The molecule has 0 saturated heterocycles. The molecule has 2 aromatic carbocycles. The van der Waals surface area contributed by atoms with E-state index in [0.717, 1.165) is 25.0 Å². The first-order chi connectivity index (χ1) is 13.8. The Morgan fingerprint density at radius 1 is 1.00 bits per heavy atom. The fourth-order valence-corrected chi connectivity index (χ4v) is 5.76. The van der Waals surface area contributed by atoms with Crippen LogP contribution in [0.15, 0.2) is 47.4 Å². The zero-order valence-electron chi connectivity index (χ0n) is 15.5. The highest BCUT2D eigenvalue weighted by Crippen LogP contribution is 2.39. The third kappa shape index (κ3) is 3.93. The molecule has 2 aliphatic rings. The summed E-state index contributed by atoms with van der Waals surface area (Å²) in [7, 11) is -4.37. The van der Waals surface area contributed by atoms with Gasteiger partial charge in [-0.1, -0.05) is 31.0 Å². The van der Waals surface area contributed by atoms with Gasteiger partial charge in [-0.05, 0) is 42.7 Å². The standard InChI is InChI=1S/C20H20F3NO4S/c21-20(22,23)16-7-3-4-8-19(16)29(25,26)24(15-5-1-2-6-15)12-14-9-10-17-18(11-14)28-13-27-17/h3-4,7-11,15H,1-2,5-6,12-13H2. The normalized spacial score (nSPS) is 17.2. The first-order valence-electron chi connectivity index (χ1n) is 9.33. The molecule has 0 radical (unpaired) electrons. The third-order valence-corrected chi connectivity index (χ3v) is 7.24. The van der Waals surface area contributed by atoms with Crippen LogP contribution in [0.1, 0.15) is 36.8 Å². The summed E-state index contributed by atoms with van der Waals surface area (Å²) in [5.41, 5.74) is -0.511. The maximum Gasteiger partial charge on any atom is 0.417 e. The molecule has 0 aromatic heterocycles. The number of hydrogen-bond acceptors (Lipinski definition) is 4. The van der Waals surface area contributed by atoms with Crippen LogP contribution >= 0.6 is 0 Å². The second kappa shape index (κ2) is 7.53. The number of halogens is 3. The topological polar surface area (TPSA) is 55.8 Å². The molecule has 2 aromatic rings. The number of fused-ring (bicyclic) bond motifs is 1. The van der Waals surface area contributed by atoms with Crippen LogP contribution in [0.25, 0.3) is 0 Å². The van der Waals surface area contributed by atoms with E-state index in [-0.39, 0.29) is 19.4 Å². The predicted octanol–water partition coefficient (Wildman–Crippen LogP) is 4.57. The van der Waals surface area contributed by atoms with E-state index < -0.39 is 26.7 Å². The zero-order chi connectivity index (χ0) is 20.6. The minimum Gasteiger partial charge on any atom is -0.454 e. The van der Waals surface area contributed by atoms with Crippen molar-refractivity contribution in [2.24, 2.45) is 0 Å². The van der Waals surface area contributed by atoms with Crippen LogP contribution < -0.4 is 9.47 Å². The molecule has 0 unspecified atom stereocenters. The van der Waals surface area contributed by atoms with Crippen LogP contribution in [0.2, 0.25) is 0 Å². The minimum atomic E-state index is -4.76. The molecular formula is C20H20F3NO4S. The van der Waals surface area contributed by atoms with Crippen molar-refractivity contribution in [1.29, 1.82) is 0 Å². The number of nitrogens with zero attached hydrogens (tertiary/aromatic N) is 1. The molecule has 1 heterocycles. The lowest BCUT2D eigenvalue weighted by atomic mass is 10.1. The Morgan fingerprint density at radius 3 is 2.41 bits per heavy atom. The lowest BCUT2D eigenvalue weighted by Crippen LogP contribution is -2.39. The van der Waals surface area contributed by atoms with Crippen molar-refractivity contribution in [2.75, 3.05) is 6.79 Å². The molecule has 1 fully saturated rings. The smallest absolute Gasteiger partial charge is 0.417 e. The lowest BCUT2D eigenvalue weighted by Gasteiger charge is -2.29. The lowest BCUT2D eigenvalue weighted by molar-refractivity contribution is -0.139. The zero-order valence-corrected chi connectivity index (χ0v) is 16.3. The van der Waals surface area contributed by atoms with Crippen LogP contribution in [0, 0.1) is 0 Å².